The van der Waals surface area contributed by atoms with Crippen molar-refractivity contribution in [3.63, 3.8) is 0 Å². The van der Waals surface area contributed by atoms with Gasteiger partial charge in [0.2, 0.25) is 5.91 Å². The van der Waals surface area contributed by atoms with E-state index < -0.39 is 0 Å². The SMILES string of the molecule is Cc1ccccc1C1CC(=O)N(Cc2ccccc2)C1. The second-order valence-corrected chi connectivity index (χ2v) is 5.52. The van der Waals surface area contributed by atoms with Gasteiger partial charge in [-0.15, -0.1) is 0 Å². The Morgan fingerprint density at radius 1 is 1.05 bits per heavy atom. The van der Waals surface area contributed by atoms with Gasteiger partial charge in [0.1, 0.15) is 0 Å². The van der Waals surface area contributed by atoms with Gasteiger partial charge in [0.25, 0.3) is 0 Å². The molecule has 1 heterocycles. The standard InChI is InChI=1S/C18H19NO/c1-14-7-5-6-10-17(14)16-11-18(20)19(13-16)12-15-8-3-2-4-9-15/h2-10,16H,11-13H2,1H3. The van der Waals surface area contributed by atoms with E-state index in [2.05, 4.69) is 43.3 Å². The van der Waals surface area contributed by atoms with Gasteiger partial charge < -0.3 is 4.90 Å². The van der Waals surface area contributed by atoms with E-state index in [-0.39, 0.29) is 5.91 Å². The van der Waals surface area contributed by atoms with Crippen molar-refractivity contribution in [2.24, 2.45) is 0 Å². The van der Waals surface area contributed by atoms with Crippen LogP contribution in [0.2, 0.25) is 0 Å². The molecule has 0 saturated carbocycles. The van der Waals surface area contributed by atoms with E-state index in [1.54, 1.807) is 0 Å². The third-order valence-electron chi connectivity index (χ3n) is 4.06. The maximum atomic E-state index is 12.2. The van der Waals surface area contributed by atoms with Crippen LogP contribution in [0.15, 0.2) is 54.6 Å². The number of carbonyl (C=O) groups is 1. The topological polar surface area (TPSA) is 20.3 Å². The Kier molecular flexibility index (Phi) is 3.55. The van der Waals surface area contributed by atoms with Crippen molar-refractivity contribution in [3.05, 3.63) is 71.3 Å². The fraction of sp³-hybridized carbons (Fsp3) is 0.278. The number of likely N-dealkylation sites (tertiary alicyclic amines) is 1. The van der Waals surface area contributed by atoms with Crippen LogP contribution < -0.4 is 0 Å². The molecular formula is C18H19NO. The summed E-state index contributed by atoms with van der Waals surface area (Å²) in [6.07, 6.45) is 0.637. The van der Waals surface area contributed by atoms with Crippen LogP contribution in [0.3, 0.4) is 0 Å². The minimum absolute atomic E-state index is 0.266. The first-order valence-corrected chi connectivity index (χ1v) is 7.11. The lowest BCUT2D eigenvalue weighted by Gasteiger charge is -2.17. The van der Waals surface area contributed by atoms with E-state index in [0.29, 0.717) is 12.3 Å². The lowest BCUT2D eigenvalue weighted by molar-refractivity contribution is -0.128. The summed E-state index contributed by atoms with van der Waals surface area (Å²) in [7, 11) is 0. The molecule has 0 bridgehead atoms. The molecule has 0 aliphatic carbocycles. The van der Waals surface area contributed by atoms with Crippen LogP contribution in [0.5, 0.6) is 0 Å². The smallest absolute Gasteiger partial charge is 0.223 e. The summed E-state index contributed by atoms with van der Waals surface area (Å²) >= 11 is 0. The monoisotopic (exact) mass is 265 g/mol. The largest absolute Gasteiger partial charge is 0.338 e. The molecule has 1 aliphatic heterocycles. The highest BCUT2D eigenvalue weighted by Gasteiger charge is 2.31. The number of benzene rings is 2. The zero-order valence-corrected chi connectivity index (χ0v) is 11.8. The maximum Gasteiger partial charge on any atom is 0.223 e. The molecule has 0 N–H and O–H groups in total. The van der Waals surface area contributed by atoms with Gasteiger partial charge >= 0.3 is 0 Å². The van der Waals surface area contributed by atoms with E-state index in [1.807, 2.05) is 23.1 Å². The predicted molar refractivity (Wildman–Crippen MR) is 80.4 cm³/mol. The Labute approximate surface area is 120 Å². The van der Waals surface area contributed by atoms with Crippen LogP contribution >= 0.6 is 0 Å². The molecule has 20 heavy (non-hydrogen) atoms. The molecule has 0 aromatic heterocycles. The third-order valence-corrected chi connectivity index (χ3v) is 4.06. The van der Waals surface area contributed by atoms with Crippen molar-refractivity contribution in [2.75, 3.05) is 6.54 Å². The maximum absolute atomic E-state index is 12.2. The average molecular weight is 265 g/mol. The van der Waals surface area contributed by atoms with Crippen molar-refractivity contribution < 1.29 is 4.79 Å². The molecule has 1 amide bonds. The average Bonchev–Trinajstić information content (AvgIpc) is 2.81. The molecule has 1 saturated heterocycles. The molecule has 2 heteroatoms. The first kappa shape index (κ1) is 12.9. The van der Waals surface area contributed by atoms with Gasteiger partial charge in [0.15, 0.2) is 0 Å². The van der Waals surface area contributed by atoms with Gasteiger partial charge in [-0.1, -0.05) is 54.6 Å². The molecule has 102 valence electrons. The number of hydrogen-bond donors (Lipinski definition) is 0. The summed E-state index contributed by atoms with van der Waals surface area (Å²) in [6.45, 7) is 3.68. The quantitative estimate of drug-likeness (QED) is 0.831. The van der Waals surface area contributed by atoms with Gasteiger partial charge in [0, 0.05) is 25.4 Å². The fourth-order valence-corrected chi connectivity index (χ4v) is 2.98. The highest BCUT2D eigenvalue weighted by molar-refractivity contribution is 5.79. The second-order valence-electron chi connectivity index (χ2n) is 5.52. The van der Waals surface area contributed by atoms with E-state index in [4.69, 9.17) is 0 Å². The summed E-state index contributed by atoms with van der Waals surface area (Å²) in [5.74, 6) is 0.606. The Balaban J connectivity index is 1.74. The number of carbonyl (C=O) groups excluding carboxylic acids is 1. The molecule has 2 nitrogen and oxygen atoms in total. The van der Waals surface area contributed by atoms with Gasteiger partial charge in [-0.3, -0.25) is 4.79 Å². The van der Waals surface area contributed by atoms with E-state index in [1.165, 1.54) is 16.7 Å². The zero-order chi connectivity index (χ0) is 13.9. The summed E-state index contributed by atoms with van der Waals surface area (Å²) in [5, 5.41) is 0. The van der Waals surface area contributed by atoms with Gasteiger partial charge in [-0.2, -0.15) is 0 Å². The lowest BCUT2D eigenvalue weighted by Crippen LogP contribution is -2.24. The highest BCUT2D eigenvalue weighted by Crippen LogP contribution is 2.30. The van der Waals surface area contributed by atoms with Crippen molar-refractivity contribution in [1.29, 1.82) is 0 Å². The normalized spacial score (nSPS) is 18.6. The third kappa shape index (κ3) is 2.60. The van der Waals surface area contributed by atoms with Crippen LogP contribution in [0, 0.1) is 6.92 Å². The number of rotatable bonds is 3. The van der Waals surface area contributed by atoms with Crippen LogP contribution in [0.4, 0.5) is 0 Å². The van der Waals surface area contributed by atoms with E-state index >= 15 is 0 Å². The number of amides is 1. The molecule has 0 radical (unpaired) electrons. The number of aryl methyl sites for hydroxylation is 1. The molecule has 2 aromatic rings. The minimum Gasteiger partial charge on any atom is -0.338 e. The van der Waals surface area contributed by atoms with Gasteiger partial charge in [-0.05, 0) is 23.6 Å². The molecule has 0 spiro atoms. The Morgan fingerprint density at radius 3 is 2.50 bits per heavy atom. The Hall–Kier alpha value is -2.09. The van der Waals surface area contributed by atoms with Crippen molar-refractivity contribution in [2.45, 2.75) is 25.8 Å². The minimum atomic E-state index is 0.266. The first-order chi connectivity index (χ1) is 9.74. The van der Waals surface area contributed by atoms with E-state index in [9.17, 15) is 4.79 Å². The summed E-state index contributed by atoms with van der Waals surface area (Å²) in [6, 6.07) is 18.6. The van der Waals surface area contributed by atoms with Crippen molar-refractivity contribution >= 4 is 5.91 Å². The zero-order valence-electron chi connectivity index (χ0n) is 11.8. The van der Waals surface area contributed by atoms with Gasteiger partial charge in [0.05, 0.1) is 0 Å². The predicted octanol–water partition coefficient (Wildman–Crippen LogP) is 3.51. The summed E-state index contributed by atoms with van der Waals surface area (Å²) < 4.78 is 0. The van der Waals surface area contributed by atoms with E-state index in [0.717, 1.165) is 13.1 Å². The highest BCUT2D eigenvalue weighted by atomic mass is 16.2. The van der Waals surface area contributed by atoms with Crippen LogP contribution in [-0.2, 0) is 11.3 Å². The van der Waals surface area contributed by atoms with Crippen molar-refractivity contribution in [1.82, 2.24) is 4.90 Å². The molecule has 1 aliphatic rings. The lowest BCUT2D eigenvalue weighted by atomic mass is 9.94. The van der Waals surface area contributed by atoms with Gasteiger partial charge in [-0.25, -0.2) is 0 Å². The van der Waals surface area contributed by atoms with Crippen molar-refractivity contribution in [3.8, 4) is 0 Å². The first-order valence-electron chi connectivity index (χ1n) is 7.11. The molecule has 3 rings (SSSR count). The molecule has 1 fully saturated rings. The van der Waals surface area contributed by atoms with Crippen LogP contribution in [0.1, 0.15) is 29.0 Å². The second kappa shape index (κ2) is 5.49. The molecule has 1 atom stereocenters. The summed E-state index contributed by atoms with van der Waals surface area (Å²) in [5.41, 5.74) is 3.80. The molecule has 2 aromatic carbocycles. The van der Waals surface area contributed by atoms with Crippen LogP contribution in [0.25, 0.3) is 0 Å². The molecular weight excluding hydrogens is 246 g/mol. The van der Waals surface area contributed by atoms with Crippen LogP contribution in [-0.4, -0.2) is 17.4 Å². The molecule has 1 unspecified atom stereocenters. The number of hydrogen-bond acceptors (Lipinski definition) is 1. The fourth-order valence-electron chi connectivity index (χ4n) is 2.98. The Morgan fingerprint density at radius 2 is 1.75 bits per heavy atom. The Bertz CT molecular complexity index is 606. The number of nitrogens with zero attached hydrogens (tertiary/aromatic N) is 1. The summed E-state index contributed by atoms with van der Waals surface area (Å²) in [4.78, 5) is 14.2.